The van der Waals surface area contributed by atoms with E-state index >= 15 is 0 Å². The highest BCUT2D eigenvalue weighted by molar-refractivity contribution is 7.17. The monoisotopic (exact) mass is 266 g/mol. The van der Waals surface area contributed by atoms with Gasteiger partial charge in [-0.3, -0.25) is 9.59 Å². The van der Waals surface area contributed by atoms with E-state index in [1.807, 2.05) is 0 Å². The molecule has 0 saturated carbocycles. The fourth-order valence-corrected chi connectivity index (χ4v) is 3.75. The van der Waals surface area contributed by atoms with Crippen molar-refractivity contribution in [3.63, 3.8) is 0 Å². The zero-order chi connectivity index (χ0) is 13.3. The summed E-state index contributed by atoms with van der Waals surface area (Å²) < 4.78 is 0. The van der Waals surface area contributed by atoms with Gasteiger partial charge in [0.05, 0.1) is 5.56 Å². The van der Waals surface area contributed by atoms with Crippen LogP contribution in [0.1, 0.15) is 47.5 Å². The molecule has 1 atom stereocenters. The number of hydrogen-bond acceptors (Lipinski definition) is 3. The molecule has 0 saturated heterocycles. The average Bonchev–Trinajstić information content (AvgIpc) is 2.65. The fraction of sp³-hybridized carbons (Fsp3) is 0.538. The first kappa shape index (κ1) is 13.1. The number of carbonyl (C=O) groups excluding carboxylic acids is 2. The van der Waals surface area contributed by atoms with Gasteiger partial charge in [0.1, 0.15) is 5.00 Å². The topological polar surface area (TPSA) is 72.2 Å². The van der Waals surface area contributed by atoms with Gasteiger partial charge in [0.25, 0.3) is 5.91 Å². The maximum Gasteiger partial charge on any atom is 0.251 e. The first-order chi connectivity index (χ1) is 8.52. The van der Waals surface area contributed by atoms with Crippen LogP contribution in [0.3, 0.4) is 0 Å². The van der Waals surface area contributed by atoms with E-state index in [9.17, 15) is 9.59 Å². The largest absolute Gasteiger partial charge is 0.365 e. The molecule has 0 spiro atoms. The summed E-state index contributed by atoms with van der Waals surface area (Å²) in [6.45, 7) is 3.99. The van der Waals surface area contributed by atoms with Crippen LogP contribution in [0.4, 0.5) is 5.00 Å². The normalized spacial score (nSPS) is 18.2. The Labute approximate surface area is 111 Å². The van der Waals surface area contributed by atoms with Crippen molar-refractivity contribution >= 4 is 28.2 Å². The number of carbonyl (C=O) groups is 2. The van der Waals surface area contributed by atoms with E-state index in [0.29, 0.717) is 22.9 Å². The lowest BCUT2D eigenvalue weighted by atomic mass is 9.88. The lowest BCUT2D eigenvalue weighted by molar-refractivity contribution is -0.115. The van der Waals surface area contributed by atoms with Gasteiger partial charge in [-0.05, 0) is 30.7 Å². The number of anilines is 1. The van der Waals surface area contributed by atoms with E-state index in [1.165, 1.54) is 16.2 Å². The molecule has 0 bridgehead atoms. The molecular weight excluding hydrogens is 248 g/mol. The summed E-state index contributed by atoms with van der Waals surface area (Å²) in [7, 11) is 0. The molecule has 18 heavy (non-hydrogen) atoms. The highest BCUT2D eigenvalue weighted by Gasteiger charge is 2.26. The van der Waals surface area contributed by atoms with Gasteiger partial charge in [-0.2, -0.15) is 0 Å². The van der Waals surface area contributed by atoms with Crippen LogP contribution in [0.2, 0.25) is 0 Å². The Hall–Kier alpha value is -1.36. The van der Waals surface area contributed by atoms with Gasteiger partial charge >= 0.3 is 0 Å². The quantitative estimate of drug-likeness (QED) is 0.881. The number of nitrogens with two attached hydrogens (primary N) is 1. The van der Waals surface area contributed by atoms with Crippen molar-refractivity contribution in [2.24, 2.45) is 11.7 Å². The molecule has 1 aromatic heterocycles. The van der Waals surface area contributed by atoms with Gasteiger partial charge in [-0.15, -0.1) is 11.3 Å². The Bertz CT molecular complexity index is 493. The van der Waals surface area contributed by atoms with Crippen molar-refractivity contribution in [2.75, 3.05) is 5.32 Å². The maximum absolute atomic E-state index is 11.6. The molecule has 0 fully saturated rings. The minimum atomic E-state index is -0.437. The van der Waals surface area contributed by atoms with E-state index in [4.69, 9.17) is 5.73 Å². The summed E-state index contributed by atoms with van der Waals surface area (Å²) >= 11 is 1.50. The summed E-state index contributed by atoms with van der Waals surface area (Å²) in [6.07, 6.45) is 3.33. The zero-order valence-electron chi connectivity index (χ0n) is 10.7. The molecule has 1 aliphatic rings. The van der Waals surface area contributed by atoms with Crippen LogP contribution in [-0.4, -0.2) is 11.8 Å². The van der Waals surface area contributed by atoms with Crippen molar-refractivity contribution in [2.45, 2.75) is 39.5 Å². The van der Waals surface area contributed by atoms with Crippen LogP contribution in [0.15, 0.2) is 0 Å². The van der Waals surface area contributed by atoms with Crippen molar-refractivity contribution in [3.05, 3.63) is 16.0 Å². The fourth-order valence-electron chi connectivity index (χ4n) is 2.31. The van der Waals surface area contributed by atoms with E-state index < -0.39 is 5.91 Å². The lowest BCUT2D eigenvalue weighted by Crippen LogP contribution is -2.19. The molecule has 0 aromatic carbocycles. The van der Waals surface area contributed by atoms with Gasteiger partial charge < -0.3 is 11.1 Å². The second-order valence-electron chi connectivity index (χ2n) is 4.82. The summed E-state index contributed by atoms with van der Waals surface area (Å²) in [6, 6.07) is 0. The van der Waals surface area contributed by atoms with E-state index in [-0.39, 0.29) is 5.91 Å². The van der Waals surface area contributed by atoms with Crippen LogP contribution in [0.5, 0.6) is 0 Å². The first-order valence-corrected chi connectivity index (χ1v) is 7.08. The van der Waals surface area contributed by atoms with Gasteiger partial charge in [-0.25, -0.2) is 0 Å². The number of rotatable bonds is 3. The highest BCUT2D eigenvalue weighted by Crippen LogP contribution is 2.39. The molecule has 0 radical (unpaired) electrons. The van der Waals surface area contributed by atoms with Gasteiger partial charge in [0.2, 0.25) is 5.91 Å². The molecule has 3 N–H and O–H groups in total. The number of primary amides is 1. The van der Waals surface area contributed by atoms with Crippen LogP contribution in [0, 0.1) is 5.92 Å². The minimum Gasteiger partial charge on any atom is -0.365 e. The predicted octanol–water partition coefficient (Wildman–Crippen LogP) is 2.32. The Morgan fingerprint density at radius 1 is 1.50 bits per heavy atom. The Morgan fingerprint density at radius 2 is 2.22 bits per heavy atom. The molecule has 1 aliphatic carbocycles. The smallest absolute Gasteiger partial charge is 0.251 e. The zero-order valence-corrected chi connectivity index (χ0v) is 11.5. The van der Waals surface area contributed by atoms with Crippen molar-refractivity contribution in [3.8, 4) is 0 Å². The molecule has 1 heterocycles. The van der Waals surface area contributed by atoms with E-state index in [0.717, 1.165) is 24.8 Å². The second-order valence-corrected chi connectivity index (χ2v) is 5.93. The van der Waals surface area contributed by atoms with Crippen molar-refractivity contribution in [1.29, 1.82) is 0 Å². The van der Waals surface area contributed by atoms with Crippen LogP contribution in [-0.2, 0) is 17.6 Å². The summed E-state index contributed by atoms with van der Waals surface area (Å²) in [5, 5.41) is 3.43. The Kier molecular flexibility index (Phi) is 3.71. The third-order valence-corrected chi connectivity index (χ3v) is 4.50. The average molecular weight is 266 g/mol. The van der Waals surface area contributed by atoms with Gasteiger partial charge in [-0.1, -0.05) is 13.8 Å². The number of amides is 2. The summed E-state index contributed by atoms with van der Waals surface area (Å²) in [5.41, 5.74) is 7.04. The maximum atomic E-state index is 11.6. The van der Waals surface area contributed by atoms with Crippen LogP contribution >= 0.6 is 11.3 Å². The van der Waals surface area contributed by atoms with Crippen LogP contribution < -0.4 is 11.1 Å². The van der Waals surface area contributed by atoms with Crippen molar-refractivity contribution in [1.82, 2.24) is 0 Å². The summed E-state index contributed by atoms with van der Waals surface area (Å²) in [5.74, 6) is 0.115. The van der Waals surface area contributed by atoms with Gasteiger partial charge in [0.15, 0.2) is 0 Å². The molecule has 5 heteroatoms. The van der Waals surface area contributed by atoms with Crippen LogP contribution in [0.25, 0.3) is 0 Å². The third kappa shape index (κ3) is 2.41. The van der Waals surface area contributed by atoms with E-state index in [2.05, 4.69) is 12.2 Å². The van der Waals surface area contributed by atoms with E-state index in [1.54, 1.807) is 6.92 Å². The van der Waals surface area contributed by atoms with Gasteiger partial charge in [0, 0.05) is 11.3 Å². The molecule has 98 valence electrons. The molecule has 2 rings (SSSR count). The third-order valence-electron chi connectivity index (χ3n) is 3.33. The number of nitrogens with one attached hydrogen (secondary N) is 1. The predicted molar refractivity (Wildman–Crippen MR) is 72.9 cm³/mol. The molecular formula is C13H18N2O2S. The van der Waals surface area contributed by atoms with Crippen molar-refractivity contribution < 1.29 is 9.59 Å². The lowest BCUT2D eigenvalue weighted by Gasteiger charge is -2.18. The second kappa shape index (κ2) is 5.10. The first-order valence-electron chi connectivity index (χ1n) is 6.27. The SMILES string of the molecule is CCC(=O)Nc1sc2c(c1C(N)=O)CC[C@@H](C)C2. The number of hydrogen-bond donors (Lipinski definition) is 2. The molecule has 1 aromatic rings. The Morgan fingerprint density at radius 3 is 2.83 bits per heavy atom. The molecule has 0 unspecified atom stereocenters. The standard InChI is InChI=1S/C13H18N2O2S/c1-3-10(16)15-13-11(12(14)17)8-5-4-7(2)6-9(8)18-13/h7H,3-6H2,1-2H3,(H2,14,17)(H,15,16)/t7-/m1/s1. The molecule has 2 amide bonds. The molecule has 4 nitrogen and oxygen atoms in total. The number of thiophene rings is 1. The number of fused-ring (bicyclic) bond motifs is 1. The highest BCUT2D eigenvalue weighted by atomic mass is 32.1. The molecule has 0 aliphatic heterocycles. The Balaban J connectivity index is 2.40. The summed E-state index contributed by atoms with van der Waals surface area (Å²) in [4.78, 5) is 24.3. The minimum absolute atomic E-state index is 0.0795.